The molecule has 2 bridgehead atoms. The van der Waals surface area contributed by atoms with Crippen molar-refractivity contribution >= 4 is 17.6 Å². The van der Waals surface area contributed by atoms with Gasteiger partial charge in [0.2, 0.25) is 11.8 Å². The minimum Gasteiger partial charge on any atom is -0.497 e. The van der Waals surface area contributed by atoms with Crippen molar-refractivity contribution in [2.24, 2.45) is 0 Å². The summed E-state index contributed by atoms with van der Waals surface area (Å²) in [5.74, 6) is 0.200. The normalized spacial score (nSPS) is 23.1. The molecular weight excluding hydrogens is 358 g/mol. The summed E-state index contributed by atoms with van der Waals surface area (Å²) in [5.41, 5.74) is 0.512. The van der Waals surface area contributed by atoms with Crippen molar-refractivity contribution in [1.29, 1.82) is 0 Å². The Hall–Kier alpha value is -2.41. The smallest absolute Gasteiger partial charge is 0.223 e. The van der Waals surface area contributed by atoms with Gasteiger partial charge in [-0.1, -0.05) is 0 Å². The van der Waals surface area contributed by atoms with Crippen molar-refractivity contribution in [1.82, 2.24) is 15.5 Å². The maximum Gasteiger partial charge on any atom is 0.223 e. The summed E-state index contributed by atoms with van der Waals surface area (Å²) in [4.78, 5) is 38.4. The molecule has 0 aliphatic carbocycles. The molecule has 0 radical (unpaired) electrons. The number of piperidine rings is 1. The standard InChI is InChI=1S/C21H29N3O4/c1-24(17-11-15-5-6-16(12-17)23-15)21(27)10-9-20(26)22-13-19(25)14-3-7-18(28-2)8-4-14/h3-4,7-8,15-17,23H,5-6,9-13H2,1-2H3,(H,22,26). The predicted octanol–water partition coefficient (Wildman–Crippen LogP) is 1.52. The molecule has 7 heteroatoms. The van der Waals surface area contributed by atoms with Crippen molar-refractivity contribution in [2.75, 3.05) is 20.7 Å². The van der Waals surface area contributed by atoms with Gasteiger partial charge in [0.25, 0.3) is 0 Å². The zero-order valence-corrected chi connectivity index (χ0v) is 16.6. The average molecular weight is 387 g/mol. The number of nitrogens with one attached hydrogen (secondary N) is 2. The number of ketones is 1. The Bertz CT molecular complexity index is 707. The van der Waals surface area contributed by atoms with Crippen LogP contribution in [0, 0.1) is 0 Å². The van der Waals surface area contributed by atoms with Gasteiger partial charge in [0, 0.05) is 43.6 Å². The Balaban J connectivity index is 1.38. The molecule has 2 aliphatic heterocycles. The molecule has 28 heavy (non-hydrogen) atoms. The highest BCUT2D eigenvalue weighted by Crippen LogP contribution is 2.29. The van der Waals surface area contributed by atoms with E-state index in [1.54, 1.807) is 31.4 Å². The van der Waals surface area contributed by atoms with E-state index >= 15 is 0 Å². The van der Waals surface area contributed by atoms with Crippen molar-refractivity contribution < 1.29 is 19.1 Å². The van der Waals surface area contributed by atoms with Crippen LogP contribution >= 0.6 is 0 Å². The minimum atomic E-state index is -0.283. The van der Waals surface area contributed by atoms with Gasteiger partial charge >= 0.3 is 0 Å². The van der Waals surface area contributed by atoms with Crippen LogP contribution in [0.5, 0.6) is 5.75 Å². The van der Waals surface area contributed by atoms with Gasteiger partial charge in [-0.25, -0.2) is 0 Å². The van der Waals surface area contributed by atoms with Gasteiger partial charge in [-0.3, -0.25) is 14.4 Å². The molecule has 2 unspecified atom stereocenters. The Morgan fingerprint density at radius 2 is 1.75 bits per heavy atom. The first-order valence-electron chi connectivity index (χ1n) is 9.92. The van der Waals surface area contributed by atoms with Crippen LogP contribution in [-0.2, 0) is 9.59 Å². The van der Waals surface area contributed by atoms with Crippen LogP contribution in [0.3, 0.4) is 0 Å². The van der Waals surface area contributed by atoms with Gasteiger partial charge in [-0.2, -0.15) is 0 Å². The van der Waals surface area contributed by atoms with Crippen LogP contribution in [0.15, 0.2) is 24.3 Å². The maximum absolute atomic E-state index is 12.4. The lowest BCUT2D eigenvalue weighted by Gasteiger charge is -2.35. The molecule has 2 heterocycles. The summed E-state index contributed by atoms with van der Waals surface area (Å²) in [5, 5.41) is 6.18. The Labute approximate surface area is 165 Å². The summed E-state index contributed by atoms with van der Waals surface area (Å²) in [6.45, 7) is -0.0765. The molecule has 2 fully saturated rings. The van der Waals surface area contributed by atoms with Crippen molar-refractivity contribution in [2.45, 2.75) is 56.7 Å². The lowest BCUT2D eigenvalue weighted by molar-refractivity contribution is -0.134. The third-order valence-corrected chi connectivity index (χ3v) is 5.81. The van der Waals surface area contributed by atoms with Gasteiger partial charge < -0.3 is 20.3 Å². The first-order chi connectivity index (χ1) is 13.5. The first-order valence-corrected chi connectivity index (χ1v) is 9.92. The number of Topliss-reactive ketones (excluding diaryl/α,β-unsaturated/α-hetero) is 1. The molecule has 152 valence electrons. The fourth-order valence-electron chi connectivity index (χ4n) is 4.09. The number of amides is 2. The number of hydrogen-bond acceptors (Lipinski definition) is 5. The number of nitrogens with zero attached hydrogens (tertiary/aromatic N) is 1. The van der Waals surface area contributed by atoms with Crippen LogP contribution in [0.25, 0.3) is 0 Å². The van der Waals surface area contributed by atoms with E-state index in [4.69, 9.17) is 4.74 Å². The largest absolute Gasteiger partial charge is 0.497 e. The van der Waals surface area contributed by atoms with E-state index in [9.17, 15) is 14.4 Å². The summed E-state index contributed by atoms with van der Waals surface area (Å²) in [7, 11) is 3.40. The lowest BCUT2D eigenvalue weighted by Crippen LogP contribution is -2.48. The molecule has 0 spiro atoms. The topological polar surface area (TPSA) is 87.7 Å². The molecule has 2 amide bonds. The third kappa shape index (κ3) is 5.10. The van der Waals surface area contributed by atoms with Crippen molar-refractivity contribution in [3.05, 3.63) is 29.8 Å². The number of carbonyl (C=O) groups excluding carboxylic acids is 3. The number of ether oxygens (including phenoxy) is 1. The van der Waals surface area contributed by atoms with Crippen LogP contribution in [0.4, 0.5) is 0 Å². The Kier molecular flexibility index (Phi) is 6.67. The summed E-state index contributed by atoms with van der Waals surface area (Å²) in [6.07, 6.45) is 4.61. The lowest BCUT2D eigenvalue weighted by atomic mass is 9.98. The summed E-state index contributed by atoms with van der Waals surface area (Å²) < 4.78 is 5.06. The number of benzene rings is 1. The monoisotopic (exact) mass is 387 g/mol. The van der Waals surface area contributed by atoms with Crippen LogP contribution < -0.4 is 15.4 Å². The highest BCUT2D eigenvalue weighted by molar-refractivity contribution is 5.99. The Morgan fingerprint density at radius 3 is 2.36 bits per heavy atom. The molecular formula is C21H29N3O4. The number of fused-ring (bicyclic) bond motifs is 2. The zero-order chi connectivity index (χ0) is 20.1. The van der Waals surface area contributed by atoms with Gasteiger partial charge in [0.15, 0.2) is 5.78 Å². The highest BCUT2D eigenvalue weighted by atomic mass is 16.5. The van der Waals surface area contributed by atoms with Crippen LogP contribution in [-0.4, -0.2) is 61.3 Å². The molecule has 2 N–H and O–H groups in total. The van der Waals surface area contributed by atoms with Crippen molar-refractivity contribution in [3.8, 4) is 5.75 Å². The van der Waals surface area contributed by atoms with E-state index in [2.05, 4.69) is 10.6 Å². The van der Waals surface area contributed by atoms with Crippen LogP contribution in [0.2, 0.25) is 0 Å². The van der Waals surface area contributed by atoms with E-state index in [0.717, 1.165) is 12.8 Å². The zero-order valence-electron chi connectivity index (χ0n) is 16.6. The van der Waals surface area contributed by atoms with Crippen LogP contribution in [0.1, 0.15) is 48.9 Å². The fraction of sp³-hybridized carbons (Fsp3) is 0.571. The minimum absolute atomic E-state index is 0.0112. The second kappa shape index (κ2) is 9.19. The number of rotatable bonds is 8. The highest BCUT2D eigenvalue weighted by Gasteiger charge is 2.36. The van der Waals surface area contributed by atoms with E-state index in [1.807, 2.05) is 11.9 Å². The quantitative estimate of drug-likeness (QED) is 0.661. The van der Waals surface area contributed by atoms with Gasteiger partial charge in [0.05, 0.1) is 13.7 Å². The van der Waals surface area contributed by atoms with Gasteiger partial charge in [0.1, 0.15) is 5.75 Å². The molecule has 0 saturated carbocycles. The molecule has 1 aromatic rings. The van der Waals surface area contributed by atoms with E-state index < -0.39 is 0 Å². The SMILES string of the molecule is COc1ccc(C(=O)CNC(=O)CCC(=O)N(C)C2CC3CCC(C2)N3)cc1. The van der Waals surface area contributed by atoms with Gasteiger partial charge in [-0.15, -0.1) is 0 Å². The summed E-state index contributed by atoms with van der Waals surface area (Å²) in [6, 6.07) is 8.03. The molecule has 7 nitrogen and oxygen atoms in total. The molecule has 2 atom stereocenters. The number of methoxy groups -OCH3 is 1. The molecule has 0 aromatic heterocycles. The molecule has 2 saturated heterocycles. The van der Waals surface area contributed by atoms with E-state index in [1.165, 1.54) is 12.8 Å². The van der Waals surface area contributed by atoms with E-state index in [-0.39, 0.29) is 43.0 Å². The second-order valence-electron chi connectivity index (χ2n) is 7.70. The van der Waals surface area contributed by atoms with E-state index in [0.29, 0.717) is 23.4 Å². The summed E-state index contributed by atoms with van der Waals surface area (Å²) >= 11 is 0. The maximum atomic E-state index is 12.4. The number of carbonyl (C=O) groups is 3. The average Bonchev–Trinajstić information content (AvgIpc) is 3.07. The van der Waals surface area contributed by atoms with Crippen molar-refractivity contribution in [3.63, 3.8) is 0 Å². The second-order valence-corrected chi connectivity index (χ2v) is 7.70. The fourth-order valence-corrected chi connectivity index (χ4v) is 4.09. The van der Waals surface area contributed by atoms with Gasteiger partial charge in [-0.05, 0) is 49.9 Å². The Morgan fingerprint density at radius 1 is 1.11 bits per heavy atom. The molecule has 2 aliphatic rings. The third-order valence-electron chi connectivity index (χ3n) is 5.81. The first kappa shape index (κ1) is 20.3. The molecule has 1 aromatic carbocycles. The molecule has 3 rings (SSSR count). The number of hydrogen-bond donors (Lipinski definition) is 2. The predicted molar refractivity (Wildman–Crippen MR) is 105 cm³/mol.